The average Bonchev–Trinajstić information content (AvgIpc) is 2.93. The van der Waals surface area contributed by atoms with Crippen LogP contribution < -0.4 is 20.9 Å². The molecule has 0 aliphatic carbocycles. The monoisotopic (exact) mass is 553 g/mol. The number of nitrogens with one attached hydrogen (secondary N) is 3. The van der Waals surface area contributed by atoms with Crippen LogP contribution in [0, 0.1) is 17.1 Å². The first-order chi connectivity index (χ1) is 19.0. The summed E-state index contributed by atoms with van der Waals surface area (Å²) in [5.41, 5.74) is 0.431. The van der Waals surface area contributed by atoms with Gasteiger partial charge in [-0.05, 0) is 73.0 Å². The molecule has 1 saturated heterocycles. The van der Waals surface area contributed by atoms with E-state index in [9.17, 15) is 37.2 Å². The van der Waals surface area contributed by atoms with Gasteiger partial charge in [-0.25, -0.2) is 9.18 Å². The third kappa shape index (κ3) is 6.04. The zero-order valence-corrected chi connectivity index (χ0v) is 21.1. The number of halogens is 4. The second-order valence-electron chi connectivity index (χ2n) is 8.97. The molecular weight excluding hydrogens is 530 g/mol. The van der Waals surface area contributed by atoms with Gasteiger partial charge < -0.3 is 20.9 Å². The van der Waals surface area contributed by atoms with E-state index in [1.807, 2.05) is 6.07 Å². The summed E-state index contributed by atoms with van der Waals surface area (Å²) < 4.78 is 52.3. The largest absolute Gasteiger partial charge is 0.416 e. The van der Waals surface area contributed by atoms with Crippen molar-refractivity contribution in [3.63, 3.8) is 0 Å². The maximum atomic E-state index is 14.1. The lowest BCUT2D eigenvalue weighted by Gasteiger charge is -2.33. The lowest BCUT2D eigenvalue weighted by atomic mass is 9.94. The third-order valence-corrected chi connectivity index (χ3v) is 6.39. The van der Waals surface area contributed by atoms with E-state index < -0.39 is 41.4 Å². The Morgan fingerprint density at radius 3 is 2.40 bits per heavy atom. The van der Waals surface area contributed by atoms with Gasteiger partial charge in [0.2, 0.25) is 5.91 Å². The molecule has 0 radical (unpaired) electrons. The first kappa shape index (κ1) is 28.1. The lowest BCUT2D eigenvalue weighted by molar-refractivity contribution is -0.137. The molecule has 206 valence electrons. The van der Waals surface area contributed by atoms with E-state index in [1.54, 1.807) is 6.07 Å². The summed E-state index contributed by atoms with van der Waals surface area (Å²) in [6, 6.07) is 12.4. The van der Waals surface area contributed by atoms with Crippen LogP contribution in [-0.2, 0) is 11.0 Å². The fraction of sp³-hybridized carbons (Fsp3) is 0.214. The minimum absolute atomic E-state index is 0.108. The van der Waals surface area contributed by atoms with Crippen LogP contribution in [0.3, 0.4) is 0 Å². The number of benzene rings is 3. The molecule has 1 fully saturated rings. The number of rotatable bonds is 5. The van der Waals surface area contributed by atoms with Gasteiger partial charge in [0.15, 0.2) is 0 Å². The van der Waals surface area contributed by atoms with Gasteiger partial charge in [-0.15, -0.1) is 0 Å². The second-order valence-corrected chi connectivity index (χ2v) is 8.97. The standard InChI is InChI=1S/C28H23F4N5O3/c1-34-25(38)22-10-6-18(29)14-23(22)21-11-9-20(13-16(21)15-33)37-12-2-3-24(26(37)39)36-27(40)35-19-7-4-17(5-8-19)28(30,31)32/h4-11,13-14,24H,2-3,12H2,1H3,(H,34,38)(H2,35,36,40). The molecule has 0 aromatic heterocycles. The first-order valence-corrected chi connectivity index (χ1v) is 12.1. The number of nitriles is 1. The highest BCUT2D eigenvalue weighted by Gasteiger charge is 2.32. The maximum absolute atomic E-state index is 14.1. The average molecular weight is 554 g/mol. The number of nitrogens with zero attached hydrogens (tertiary/aromatic N) is 2. The van der Waals surface area contributed by atoms with Gasteiger partial charge in [0.05, 0.1) is 17.2 Å². The van der Waals surface area contributed by atoms with Gasteiger partial charge in [-0.2, -0.15) is 18.4 Å². The van der Waals surface area contributed by atoms with Crippen LogP contribution in [0.15, 0.2) is 60.7 Å². The normalized spacial score (nSPS) is 15.2. The van der Waals surface area contributed by atoms with Crippen molar-refractivity contribution in [3.05, 3.63) is 83.2 Å². The zero-order chi connectivity index (χ0) is 29.0. The number of hydrogen-bond donors (Lipinski definition) is 3. The smallest absolute Gasteiger partial charge is 0.355 e. The van der Waals surface area contributed by atoms with Crippen molar-refractivity contribution in [1.82, 2.24) is 10.6 Å². The molecule has 0 spiro atoms. The summed E-state index contributed by atoms with van der Waals surface area (Å²) in [6.45, 7) is 0.311. The number of carbonyl (C=O) groups excluding carboxylic acids is 3. The Hall–Kier alpha value is -4.92. The zero-order valence-electron chi connectivity index (χ0n) is 21.1. The van der Waals surface area contributed by atoms with Crippen molar-refractivity contribution in [1.29, 1.82) is 5.26 Å². The number of hydrogen-bond acceptors (Lipinski definition) is 4. The van der Waals surface area contributed by atoms with Gasteiger partial charge in [0.1, 0.15) is 11.9 Å². The highest BCUT2D eigenvalue weighted by atomic mass is 19.4. The van der Waals surface area contributed by atoms with E-state index in [0.29, 0.717) is 30.6 Å². The van der Waals surface area contributed by atoms with Crippen LogP contribution in [0.2, 0.25) is 0 Å². The van der Waals surface area contributed by atoms with Crippen molar-refractivity contribution in [2.75, 3.05) is 23.8 Å². The summed E-state index contributed by atoms with van der Waals surface area (Å²) in [6.07, 6.45) is -3.66. The van der Waals surface area contributed by atoms with Crippen molar-refractivity contribution in [3.8, 4) is 17.2 Å². The molecule has 3 aromatic carbocycles. The number of alkyl halides is 3. The van der Waals surface area contributed by atoms with Crippen molar-refractivity contribution in [2.24, 2.45) is 0 Å². The fourth-order valence-corrected chi connectivity index (χ4v) is 4.43. The van der Waals surface area contributed by atoms with Crippen LogP contribution in [0.25, 0.3) is 11.1 Å². The Kier molecular flexibility index (Phi) is 8.04. The van der Waals surface area contributed by atoms with Gasteiger partial charge in [-0.3, -0.25) is 9.59 Å². The van der Waals surface area contributed by atoms with E-state index in [0.717, 1.165) is 36.4 Å². The number of urea groups is 1. The molecule has 1 atom stereocenters. The van der Waals surface area contributed by atoms with Crippen LogP contribution in [0.4, 0.5) is 33.7 Å². The number of anilines is 2. The predicted octanol–water partition coefficient (Wildman–Crippen LogP) is 5.06. The second kappa shape index (κ2) is 11.4. The van der Waals surface area contributed by atoms with E-state index in [2.05, 4.69) is 16.0 Å². The third-order valence-electron chi connectivity index (χ3n) is 6.39. The Bertz CT molecular complexity index is 1500. The van der Waals surface area contributed by atoms with Gasteiger partial charge >= 0.3 is 12.2 Å². The van der Waals surface area contributed by atoms with E-state index in [1.165, 1.54) is 30.1 Å². The van der Waals surface area contributed by atoms with Crippen molar-refractivity contribution < 1.29 is 31.9 Å². The minimum Gasteiger partial charge on any atom is -0.355 e. The SMILES string of the molecule is CNC(=O)c1ccc(F)cc1-c1ccc(N2CCCC(NC(=O)Nc3ccc(C(F)(F)F)cc3)C2=O)cc1C#N. The molecule has 3 N–H and O–H groups in total. The van der Waals surface area contributed by atoms with Crippen LogP contribution in [0.1, 0.15) is 34.3 Å². The summed E-state index contributed by atoms with van der Waals surface area (Å²) in [4.78, 5) is 39.4. The number of carbonyl (C=O) groups is 3. The van der Waals surface area contributed by atoms with Crippen LogP contribution in [-0.4, -0.2) is 37.5 Å². The highest BCUT2D eigenvalue weighted by Crippen LogP contribution is 2.32. The van der Waals surface area contributed by atoms with E-state index in [-0.39, 0.29) is 22.4 Å². The van der Waals surface area contributed by atoms with Crippen molar-refractivity contribution in [2.45, 2.75) is 25.1 Å². The number of amides is 4. The molecule has 1 aliphatic heterocycles. The van der Waals surface area contributed by atoms with Crippen LogP contribution in [0.5, 0.6) is 0 Å². The summed E-state index contributed by atoms with van der Waals surface area (Å²) in [5.74, 6) is -1.50. The van der Waals surface area contributed by atoms with Gasteiger partial charge in [0, 0.05) is 36.1 Å². The quantitative estimate of drug-likeness (QED) is 0.383. The van der Waals surface area contributed by atoms with E-state index >= 15 is 0 Å². The molecule has 40 heavy (non-hydrogen) atoms. The molecule has 1 heterocycles. The van der Waals surface area contributed by atoms with Gasteiger partial charge in [0.25, 0.3) is 5.91 Å². The molecule has 3 aromatic rings. The Morgan fingerprint density at radius 2 is 1.75 bits per heavy atom. The van der Waals surface area contributed by atoms with Crippen LogP contribution >= 0.6 is 0 Å². The summed E-state index contributed by atoms with van der Waals surface area (Å²) >= 11 is 0. The Balaban J connectivity index is 1.52. The predicted molar refractivity (Wildman–Crippen MR) is 139 cm³/mol. The topological polar surface area (TPSA) is 114 Å². The molecule has 4 amide bonds. The molecule has 4 rings (SSSR count). The fourth-order valence-electron chi connectivity index (χ4n) is 4.43. The summed E-state index contributed by atoms with van der Waals surface area (Å²) in [5, 5.41) is 17.3. The Morgan fingerprint density at radius 1 is 1.02 bits per heavy atom. The molecule has 1 aliphatic rings. The highest BCUT2D eigenvalue weighted by molar-refractivity contribution is 6.03. The maximum Gasteiger partial charge on any atom is 0.416 e. The molecule has 0 bridgehead atoms. The first-order valence-electron chi connectivity index (χ1n) is 12.1. The molecule has 8 nitrogen and oxygen atoms in total. The van der Waals surface area contributed by atoms with E-state index in [4.69, 9.17) is 0 Å². The van der Waals surface area contributed by atoms with Gasteiger partial charge in [-0.1, -0.05) is 6.07 Å². The lowest BCUT2D eigenvalue weighted by Crippen LogP contribution is -2.53. The minimum atomic E-state index is -4.51. The Labute approximate surface area is 226 Å². The number of piperidine rings is 1. The molecule has 0 saturated carbocycles. The summed E-state index contributed by atoms with van der Waals surface area (Å²) in [7, 11) is 1.43. The molecule has 12 heteroatoms. The molecular formula is C28H23F4N5O3. The van der Waals surface area contributed by atoms with Crippen molar-refractivity contribution >= 4 is 29.2 Å². The molecule has 1 unspecified atom stereocenters.